The zero-order chi connectivity index (χ0) is 9.68. The maximum atomic E-state index is 8.81. The van der Waals surface area contributed by atoms with Gasteiger partial charge >= 0.3 is 0 Å². The molecule has 2 unspecified atom stereocenters. The predicted molar refractivity (Wildman–Crippen MR) is 51.4 cm³/mol. The van der Waals surface area contributed by atoms with E-state index in [2.05, 4.69) is 5.32 Å². The Morgan fingerprint density at radius 1 is 1.54 bits per heavy atom. The van der Waals surface area contributed by atoms with Gasteiger partial charge in [-0.05, 0) is 25.0 Å². The van der Waals surface area contributed by atoms with Crippen LogP contribution in [0.5, 0.6) is 0 Å². The normalized spacial score (nSPS) is 15.6. The minimum Gasteiger partial charge on any atom is -0.468 e. The summed E-state index contributed by atoms with van der Waals surface area (Å²) < 4.78 is 5.24. The summed E-state index contributed by atoms with van der Waals surface area (Å²) in [5.74, 6) is 1.22. The third-order valence-electron chi connectivity index (χ3n) is 2.05. The standard InChI is InChI=1S/C10H17NO2/c1-8(7-12)6-11-9(2)10-4-3-5-13-10/h3-5,8-9,11-12H,6-7H2,1-2H3. The molecule has 0 fully saturated rings. The van der Waals surface area contributed by atoms with Crippen molar-refractivity contribution in [2.24, 2.45) is 5.92 Å². The van der Waals surface area contributed by atoms with E-state index in [4.69, 9.17) is 9.52 Å². The van der Waals surface area contributed by atoms with Gasteiger partial charge in [0.15, 0.2) is 0 Å². The first kappa shape index (κ1) is 10.3. The molecule has 0 aliphatic heterocycles. The number of hydrogen-bond donors (Lipinski definition) is 2. The van der Waals surface area contributed by atoms with Crippen LogP contribution in [0.2, 0.25) is 0 Å². The van der Waals surface area contributed by atoms with E-state index in [9.17, 15) is 0 Å². The molecule has 2 N–H and O–H groups in total. The second-order valence-corrected chi connectivity index (χ2v) is 3.43. The van der Waals surface area contributed by atoms with E-state index < -0.39 is 0 Å². The molecule has 3 nitrogen and oxygen atoms in total. The molecule has 0 saturated heterocycles. The Kier molecular flexibility index (Phi) is 3.99. The molecule has 13 heavy (non-hydrogen) atoms. The SMILES string of the molecule is CC(CO)CNC(C)c1ccco1. The van der Waals surface area contributed by atoms with Crippen molar-refractivity contribution in [3.05, 3.63) is 24.2 Å². The minimum atomic E-state index is 0.212. The molecule has 0 saturated carbocycles. The summed E-state index contributed by atoms with van der Waals surface area (Å²) in [6.45, 7) is 5.07. The molecule has 3 heteroatoms. The highest BCUT2D eigenvalue weighted by atomic mass is 16.3. The van der Waals surface area contributed by atoms with Gasteiger partial charge in [-0.1, -0.05) is 6.92 Å². The number of nitrogens with one attached hydrogen (secondary N) is 1. The van der Waals surface area contributed by atoms with E-state index in [1.165, 1.54) is 0 Å². The fraction of sp³-hybridized carbons (Fsp3) is 0.600. The maximum Gasteiger partial charge on any atom is 0.120 e. The molecular formula is C10H17NO2. The monoisotopic (exact) mass is 183 g/mol. The summed E-state index contributed by atoms with van der Waals surface area (Å²) in [5, 5.41) is 12.1. The molecule has 74 valence electrons. The van der Waals surface area contributed by atoms with Gasteiger partial charge in [0, 0.05) is 13.2 Å². The Labute approximate surface area is 78.8 Å². The Bertz CT molecular complexity index is 221. The molecule has 0 radical (unpaired) electrons. The highest BCUT2D eigenvalue weighted by Crippen LogP contribution is 2.12. The molecular weight excluding hydrogens is 166 g/mol. The van der Waals surface area contributed by atoms with Crippen LogP contribution in [-0.4, -0.2) is 18.3 Å². The lowest BCUT2D eigenvalue weighted by molar-refractivity contribution is 0.229. The zero-order valence-corrected chi connectivity index (χ0v) is 8.16. The van der Waals surface area contributed by atoms with E-state index in [0.717, 1.165) is 12.3 Å². The smallest absolute Gasteiger partial charge is 0.120 e. The zero-order valence-electron chi connectivity index (χ0n) is 8.16. The molecule has 1 aromatic heterocycles. The van der Waals surface area contributed by atoms with Gasteiger partial charge < -0.3 is 14.8 Å². The quantitative estimate of drug-likeness (QED) is 0.728. The lowest BCUT2D eigenvalue weighted by atomic mass is 10.2. The molecule has 2 atom stereocenters. The van der Waals surface area contributed by atoms with Gasteiger partial charge in [0.25, 0.3) is 0 Å². The first-order valence-electron chi connectivity index (χ1n) is 4.61. The van der Waals surface area contributed by atoms with Gasteiger partial charge in [-0.3, -0.25) is 0 Å². The van der Waals surface area contributed by atoms with Crippen LogP contribution in [-0.2, 0) is 0 Å². The first-order chi connectivity index (χ1) is 6.24. The van der Waals surface area contributed by atoms with Gasteiger partial charge in [-0.25, -0.2) is 0 Å². The average molecular weight is 183 g/mol. The van der Waals surface area contributed by atoms with Crippen LogP contribution in [0.15, 0.2) is 22.8 Å². The van der Waals surface area contributed by atoms with E-state index >= 15 is 0 Å². The number of furan rings is 1. The Morgan fingerprint density at radius 2 is 2.31 bits per heavy atom. The van der Waals surface area contributed by atoms with Crippen molar-refractivity contribution in [3.63, 3.8) is 0 Å². The number of aliphatic hydroxyl groups is 1. The first-order valence-corrected chi connectivity index (χ1v) is 4.61. The molecule has 0 amide bonds. The highest BCUT2D eigenvalue weighted by molar-refractivity contribution is 5.02. The molecule has 0 spiro atoms. The number of aliphatic hydroxyl groups excluding tert-OH is 1. The summed E-state index contributed by atoms with van der Waals surface area (Å²) >= 11 is 0. The molecule has 0 aromatic carbocycles. The maximum absolute atomic E-state index is 8.81. The highest BCUT2D eigenvalue weighted by Gasteiger charge is 2.08. The molecule has 0 aliphatic carbocycles. The fourth-order valence-electron chi connectivity index (χ4n) is 1.08. The second-order valence-electron chi connectivity index (χ2n) is 3.43. The summed E-state index contributed by atoms with van der Waals surface area (Å²) in [5.41, 5.74) is 0. The average Bonchev–Trinajstić information content (AvgIpc) is 2.66. The van der Waals surface area contributed by atoms with Gasteiger partial charge in [0.2, 0.25) is 0 Å². The van der Waals surface area contributed by atoms with Crippen molar-refractivity contribution in [2.75, 3.05) is 13.2 Å². The largest absolute Gasteiger partial charge is 0.468 e. The van der Waals surface area contributed by atoms with Crippen molar-refractivity contribution in [2.45, 2.75) is 19.9 Å². The number of rotatable bonds is 5. The van der Waals surface area contributed by atoms with E-state index in [1.807, 2.05) is 26.0 Å². The van der Waals surface area contributed by atoms with Crippen molar-refractivity contribution >= 4 is 0 Å². The summed E-state index contributed by atoms with van der Waals surface area (Å²) in [4.78, 5) is 0. The molecule has 1 rings (SSSR count). The Hall–Kier alpha value is -0.800. The van der Waals surface area contributed by atoms with Crippen molar-refractivity contribution in [1.82, 2.24) is 5.32 Å². The van der Waals surface area contributed by atoms with Crippen LogP contribution < -0.4 is 5.32 Å². The topological polar surface area (TPSA) is 45.4 Å². The van der Waals surface area contributed by atoms with Gasteiger partial charge in [-0.15, -0.1) is 0 Å². The van der Waals surface area contributed by atoms with Gasteiger partial charge in [0.05, 0.1) is 12.3 Å². The molecule has 1 aromatic rings. The number of hydrogen-bond acceptors (Lipinski definition) is 3. The van der Waals surface area contributed by atoms with Crippen LogP contribution >= 0.6 is 0 Å². The molecule has 0 bridgehead atoms. The fourth-order valence-corrected chi connectivity index (χ4v) is 1.08. The Morgan fingerprint density at radius 3 is 2.85 bits per heavy atom. The summed E-state index contributed by atoms with van der Waals surface area (Å²) in [6.07, 6.45) is 1.67. The van der Waals surface area contributed by atoms with Crippen LogP contribution in [0.25, 0.3) is 0 Å². The Balaban J connectivity index is 2.30. The van der Waals surface area contributed by atoms with E-state index in [0.29, 0.717) is 0 Å². The molecule has 1 heterocycles. The third kappa shape index (κ3) is 3.20. The molecule has 0 aliphatic rings. The predicted octanol–water partition coefficient (Wildman–Crippen LogP) is 1.56. The van der Waals surface area contributed by atoms with Crippen LogP contribution in [0.1, 0.15) is 25.6 Å². The summed E-state index contributed by atoms with van der Waals surface area (Å²) in [6, 6.07) is 4.04. The van der Waals surface area contributed by atoms with Crippen molar-refractivity contribution < 1.29 is 9.52 Å². The van der Waals surface area contributed by atoms with Gasteiger partial charge in [-0.2, -0.15) is 0 Å². The van der Waals surface area contributed by atoms with Crippen LogP contribution in [0, 0.1) is 5.92 Å². The van der Waals surface area contributed by atoms with Crippen LogP contribution in [0.4, 0.5) is 0 Å². The minimum absolute atomic E-state index is 0.212. The lowest BCUT2D eigenvalue weighted by Crippen LogP contribution is -2.25. The lowest BCUT2D eigenvalue weighted by Gasteiger charge is -2.14. The van der Waals surface area contributed by atoms with Crippen LogP contribution in [0.3, 0.4) is 0 Å². The van der Waals surface area contributed by atoms with Crippen molar-refractivity contribution in [3.8, 4) is 0 Å². The van der Waals surface area contributed by atoms with Crippen molar-refractivity contribution in [1.29, 1.82) is 0 Å². The van der Waals surface area contributed by atoms with E-state index in [-0.39, 0.29) is 18.6 Å². The second kappa shape index (κ2) is 5.04. The van der Waals surface area contributed by atoms with E-state index in [1.54, 1.807) is 6.26 Å². The third-order valence-corrected chi connectivity index (χ3v) is 2.05. The van der Waals surface area contributed by atoms with Gasteiger partial charge in [0.1, 0.15) is 5.76 Å². The summed E-state index contributed by atoms with van der Waals surface area (Å²) in [7, 11) is 0.